The van der Waals surface area contributed by atoms with Crippen LogP contribution in [0.2, 0.25) is 5.02 Å². The SMILES string of the molecule is Cc1ccc(C(C(=O)Nc2ccc3c(c2)OCO3)N(Cc2ccc(Cl)cc2)C(=O)CSc2nc(C)cc(C)n2)cc1. The predicted octanol–water partition coefficient (Wildman–Crippen LogP) is 6.28. The number of amides is 2. The van der Waals surface area contributed by atoms with Crippen molar-refractivity contribution in [2.45, 2.75) is 38.5 Å². The molecule has 1 aliphatic rings. The highest BCUT2D eigenvalue weighted by molar-refractivity contribution is 7.99. The first-order valence-electron chi connectivity index (χ1n) is 13.0. The Balaban J connectivity index is 1.48. The summed E-state index contributed by atoms with van der Waals surface area (Å²) in [5, 5.41) is 4.08. The lowest BCUT2D eigenvalue weighted by Crippen LogP contribution is -2.41. The molecular weight excluding hydrogens is 560 g/mol. The van der Waals surface area contributed by atoms with E-state index in [4.69, 9.17) is 21.1 Å². The molecule has 2 heterocycles. The van der Waals surface area contributed by atoms with Gasteiger partial charge in [0.15, 0.2) is 16.7 Å². The normalized spacial score (nSPS) is 12.6. The van der Waals surface area contributed by atoms with Crippen LogP contribution in [0, 0.1) is 20.8 Å². The van der Waals surface area contributed by atoms with Gasteiger partial charge in [-0.1, -0.05) is 65.3 Å². The third-order valence-electron chi connectivity index (χ3n) is 6.47. The standard InChI is InChI=1S/C31H29ClN4O4S/c1-19-4-8-23(9-5-19)29(30(38)35-25-12-13-26-27(15-25)40-18-39-26)36(16-22-6-10-24(32)11-7-22)28(37)17-41-31-33-20(2)14-21(3)34-31/h4-15,29H,16-18H2,1-3H3,(H,35,38). The van der Waals surface area contributed by atoms with Gasteiger partial charge in [-0.15, -0.1) is 0 Å². The van der Waals surface area contributed by atoms with Crippen molar-refractivity contribution in [3.05, 3.63) is 106 Å². The smallest absolute Gasteiger partial charge is 0.251 e. The van der Waals surface area contributed by atoms with Crippen LogP contribution in [0.25, 0.3) is 0 Å². The summed E-state index contributed by atoms with van der Waals surface area (Å²) < 4.78 is 10.9. The molecule has 3 aromatic carbocycles. The molecule has 10 heteroatoms. The van der Waals surface area contributed by atoms with Crippen molar-refractivity contribution in [2.24, 2.45) is 0 Å². The number of aromatic nitrogens is 2. The van der Waals surface area contributed by atoms with Crippen LogP contribution in [-0.4, -0.2) is 39.2 Å². The summed E-state index contributed by atoms with van der Waals surface area (Å²) in [4.78, 5) is 38.5. The number of aryl methyl sites for hydroxylation is 3. The zero-order valence-corrected chi connectivity index (χ0v) is 24.5. The van der Waals surface area contributed by atoms with Crippen LogP contribution < -0.4 is 14.8 Å². The maximum Gasteiger partial charge on any atom is 0.251 e. The number of ether oxygens (including phenoxy) is 2. The minimum absolute atomic E-state index is 0.0517. The quantitative estimate of drug-likeness (QED) is 0.181. The average Bonchev–Trinajstić information content (AvgIpc) is 3.41. The molecular formula is C31H29ClN4O4S. The fraction of sp³-hybridized carbons (Fsp3) is 0.226. The largest absolute Gasteiger partial charge is 0.454 e. The number of hydrogen-bond acceptors (Lipinski definition) is 7. The van der Waals surface area contributed by atoms with Gasteiger partial charge in [0.1, 0.15) is 6.04 Å². The minimum Gasteiger partial charge on any atom is -0.454 e. The molecule has 8 nitrogen and oxygen atoms in total. The zero-order valence-electron chi connectivity index (χ0n) is 22.9. The maximum atomic E-state index is 14.0. The Labute approximate surface area is 248 Å². The molecule has 0 radical (unpaired) electrons. The Hall–Kier alpha value is -4.08. The van der Waals surface area contributed by atoms with Gasteiger partial charge in [0, 0.05) is 34.7 Å². The van der Waals surface area contributed by atoms with E-state index < -0.39 is 6.04 Å². The Kier molecular flexibility index (Phi) is 8.75. The third-order valence-corrected chi connectivity index (χ3v) is 7.55. The highest BCUT2D eigenvalue weighted by atomic mass is 35.5. The molecule has 4 aromatic rings. The lowest BCUT2D eigenvalue weighted by molar-refractivity contribution is -0.137. The van der Waals surface area contributed by atoms with Gasteiger partial charge in [-0.3, -0.25) is 9.59 Å². The van der Waals surface area contributed by atoms with Crippen molar-refractivity contribution in [3.8, 4) is 11.5 Å². The summed E-state index contributed by atoms with van der Waals surface area (Å²) in [5.41, 5.74) is 4.75. The Morgan fingerprint density at radius 1 is 0.927 bits per heavy atom. The van der Waals surface area contributed by atoms with Gasteiger partial charge in [-0.2, -0.15) is 0 Å². The highest BCUT2D eigenvalue weighted by Gasteiger charge is 2.32. The number of carbonyl (C=O) groups is 2. The molecule has 0 fully saturated rings. The molecule has 0 spiro atoms. The molecule has 2 amide bonds. The second-order valence-electron chi connectivity index (χ2n) is 9.74. The van der Waals surface area contributed by atoms with E-state index in [9.17, 15) is 9.59 Å². The van der Waals surface area contributed by atoms with E-state index in [-0.39, 0.29) is 30.9 Å². The van der Waals surface area contributed by atoms with Crippen molar-refractivity contribution in [2.75, 3.05) is 17.9 Å². The van der Waals surface area contributed by atoms with Gasteiger partial charge in [0.2, 0.25) is 12.7 Å². The lowest BCUT2D eigenvalue weighted by atomic mass is 10.0. The molecule has 0 aliphatic carbocycles. The van der Waals surface area contributed by atoms with Crippen molar-refractivity contribution < 1.29 is 19.1 Å². The van der Waals surface area contributed by atoms with Crippen LogP contribution in [0.15, 0.2) is 78.0 Å². The molecule has 0 saturated heterocycles. The lowest BCUT2D eigenvalue weighted by Gasteiger charge is -2.31. The van der Waals surface area contributed by atoms with Crippen molar-refractivity contribution in [3.63, 3.8) is 0 Å². The van der Waals surface area contributed by atoms with E-state index in [2.05, 4.69) is 15.3 Å². The minimum atomic E-state index is -0.926. The Morgan fingerprint density at radius 3 is 2.32 bits per heavy atom. The second-order valence-corrected chi connectivity index (χ2v) is 11.1. The summed E-state index contributed by atoms with van der Waals surface area (Å²) in [6.45, 7) is 6.08. The number of anilines is 1. The average molecular weight is 589 g/mol. The zero-order chi connectivity index (χ0) is 28.9. The molecule has 0 saturated carbocycles. The number of fused-ring (bicyclic) bond motifs is 1. The van der Waals surface area contributed by atoms with Gasteiger partial charge in [0.05, 0.1) is 5.75 Å². The molecule has 0 bridgehead atoms. The number of hydrogen-bond donors (Lipinski definition) is 1. The summed E-state index contributed by atoms with van der Waals surface area (Å²) in [7, 11) is 0. The third kappa shape index (κ3) is 7.17. The molecule has 1 atom stereocenters. The summed E-state index contributed by atoms with van der Waals surface area (Å²) >= 11 is 7.37. The number of halogens is 1. The number of carbonyl (C=O) groups excluding carboxylic acids is 2. The Bertz CT molecular complexity index is 1540. The van der Waals surface area contributed by atoms with E-state index in [0.29, 0.717) is 32.9 Å². The van der Waals surface area contributed by atoms with E-state index in [1.54, 1.807) is 35.2 Å². The Morgan fingerprint density at radius 2 is 1.61 bits per heavy atom. The van der Waals surface area contributed by atoms with Crippen molar-refractivity contribution in [1.29, 1.82) is 0 Å². The van der Waals surface area contributed by atoms with Gasteiger partial charge in [0.25, 0.3) is 5.91 Å². The van der Waals surface area contributed by atoms with Crippen LogP contribution in [0.5, 0.6) is 11.5 Å². The second kappa shape index (κ2) is 12.6. The molecule has 1 N–H and O–H groups in total. The van der Waals surface area contributed by atoms with E-state index in [1.165, 1.54) is 11.8 Å². The molecule has 1 aliphatic heterocycles. The first-order chi connectivity index (χ1) is 19.7. The van der Waals surface area contributed by atoms with Crippen LogP contribution >= 0.6 is 23.4 Å². The predicted molar refractivity (Wildman–Crippen MR) is 159 cm³/mol. The molecule has 1 unspecified atom stereocenters. The number of nitrogens with one attached hydrogen (secondary N) is 1. The molecule has 1 aromatic heterocycles. The van der Waals surface area contributed by atoms with Crippen LogP contribution in [0.3, 0.4) is 0 Å². The summed E-state index contributed by atoms with van der Waals surface area (Å²) in [5.74, 6) is 0.620. The summed E-state index contributed by atoms with van der Waals surface area (Å²) in [6.07, 6.45) is 0. The van der Waals surface area contributed by atoms with Gasteiger partial charge >= 0.3 is 0 Å². The first kappa shape index (κ1) is 28.4. The van der Waals surface area contributed by atoms with Gasteiger partial charge < -0.3 is 19.7 Å². The summed E-state index contributed by atoms with van der Waals surface area (Å²) in [6, 6.07) is 21.0. The maximum absolute atomic E-state index is 14.0. The topological polar surface area (TPSA) is 93.7 Å². The van der Waals surface area contributed by atoms with Crippen molar-refractivity contribution >= 4 is 40.9 Å². The van der Waals surface area contributed by atoms with E-state index in [1.807, 2.05) is 63.2 Å². The number of benzene rings is 3. The monoisotopic (exact) mass is 588 g/mol. The van der Waals surface area contributed by atoms with E-state index in [0.717, 1.165) is 22.5 Å². The van der Waals surface area contributed by atoms with Crippen molar-refractivity contribution in [1.82, 2.24) is 14.9 Å². The highest BCUT2D eigenvalue weighted by Crippen LogP contribution is 2.35. The van der Waals surface area contributed by atoms with Gasteiger partial charge in [-0.25, -0.2) is 9.97 Å². The molecule has 5 rings (SSSR count). The molecule has 41 heavy (non-hydrogen) atoms. The number of rotatable bonds is 9. The van der Waals surface area contributed by atoms with E-state index >= 15 is 0 Å². The number of thioether (sulfide) groups is 1. The first-order valence-corrected chi connectivity index (χ1v) is 14.4. The fourth-order valence-corrected chi connectivity index (χ4v) is 5.45. The fourth-order valence-electron chi connectivity index (χ4n) is 4.48. The van der Waals surface area contributed by atoms with Crippen LogP contribution in [0.4, 0.5) is 5.69 Å². The van der Waals surface area contributed by atoms with Gasteiger partial charge in [-0.05, 0) is 62.2 Å². The number of nitrogens with zero attached hydrogens (tertiary/aromatic N) is 3. The van der Waals surface area contributed by atoms with Crippen LogP contribution in [-0.2, 0) is 16.1 Å². The van der Waals surface area contributed by atoms with Crippen LogP contribution in [0.1, 0.15) is 34.1 Å². The molecule has 210 valence electrons.